The molecule has 0 atom stereocenters. The Morgan fingerprint density at radius 1 is 1.17 bits per heavy atom. The van der Waals surface area contributed by atoms with E-state index in [-0.39, 0.29) is 11.1 Å². The fourth-order valence-corrected chi connectivity index (χ4v) is 3.16. The molecule has 6 heteroatoms. The Morgan fingerprint density at radius 2 is 1.83 bits per heavy atom. The van der Waals surface area contributed by atoms with Crippen molar-refractivity contribution in [3.63, 3.8) is 0 Å². The van der Waals surface area contributed by atoms with E-state index < -0.39 is 0 Å². The zero-order chi connectivity index (χ0) is 17.0. The molecule has 0 unspecified atom stereocenters. The quantitative estimate of drug-likeness (QED) is 0.739. The minimum absolute atomic E-state index is 0.201. The lowest BCUT2D eigenvalue weighted by Gasteiger charge is -2.12. The Bertz CT molecular complexity index is 654. The van der Waals surface area contributed by atoms with Crippen molar-refractivity contribution in [3.8, 4) is 11.5 Å². The Labute approximate surface area is 140 Å². The van der Waals surface area contributed by atoms with Crippen molar-refractivity contribution < 1.29 is 19.1 Å². The number of amides is 2. The number of methoxy groups -OCH3 is 2. The molecule has 0 saturated carbocycles. The average molecular weight is 335 g/mol. The molecule has 1 saturated heterocycles. The zero-order valence-corrected chi connectivity index (χ0v) is 14.7. The van der Waals surface area contributed by atoms with Crippen LogP contribution in [0.25, 0.3) is 6.08 Å². The van der Waals surface area contributed by atoms with Crippen LogP contribution in [0.4, 0.5) is 4.79 Å². The number of hydrogen-bond acceptors (Lipinski definition) is 5. The number of unbranched alkanes of at least 4 members (excludes halogenated alkanes) is 1. The van der Waals surface area contributed by atoms with Crippen LogP contribution < -0.4 is 9.47 Å². The highest BCUT2D eigenvalue weighted by Gasteiger charge is 2.34. The first-order chi connectivity index (χ1) is 11.0. The summed E-state index contributed by atoms with van der Waals surface area (Å²) in [6.45, 7) is 4.43. The third kappa shape index (κ3) is 3.69. The number of aryl methyl sites for hydroxylation is 1. The van der Waals surface area contributed by atoms with E-state index in [9.17, 15) is 9.59 Å². The lowest BCUT2D eigenvalue weighted by molar-refractivity contribution is -0.122. The summed E-state index contributed by atoms with van der Waals surface area (Å²) in [5, 5.41) is -0.201. The molecule has 0 aliphatic carbocycles. The highest BCUT2D eigenvalue weighted by Crippen LogP contribution is 2.36. The van der Waals surface area contributed by atoms with E-state index in [4.69, 9.17) is 9.47 Å². The molecule has 2 rings (SSSR count). The minimum Gasteiger partial charge on any atom is -0.493 e. The molecule has 0 radical (unpaired) electrons. The predicted octanol–water partition coefficient (Wildman–Crippen LogP) is 3.85. The van der Waals surface area contributed by atoms with Gasteiger partial charge < -0.3 is 9.47 Å². The van der Waals surface area contributed by atoms with Gasteiger partial charge in [-0.25, -0.2) is 0 Å². The third-order valence-corrected chi connectivity index (χ3v) is 4.58. The van der Waals surface area contributed by atoms with Crippen molar-refractivity contribution in [2.24, 2.45) is 0 Å². The predicted molar refractivity (Wildman–Crippen MR) is 91.9 cm³/mol. The molecule has 0 spiro atoms. The fourth-order valence-electron chi connectivity index (χ4n) is 2.30. The molecule has 1 fully saturated rings. The zero-order valence-electron chi connectivity index (χ0n) is 13.8. The maximum Gasteiger partial charge on any atom is 0.293 e. The number of benzene rings is 1. The summed E-state index contributed by atoms with van der Waals surface area (Å²) in [5.41, 5.74) is 1.78. The smallest absolute Gasteiger partial charge is 0.293 e. The number of hydrogen-bond donors (Lipinski definition) is 0. The van der Waals surface area contributed by atoms with Crippen LogP contribution in [0.2, 0.25) is 0 Å². The molecule has 1 aliphatic heterocycles. The van der Waals surface area contributed by atoms with Gasteiger partial charge in [0.25, 0.3) is 11.1 Å². The average Bonchev–Trinajstić information content (AvgIpc) is 2.80. The molecular formula is C17H21NO4S. The number of carbonyl (C=O) groups excluding carboxylic acids is 2. The highest BCUT2D eigenvalue weighted by atomic mass is 32.2. The van der Waals surface area contributed by atoms with Gasteiger partial charge in [-0.2, -0.15) is 0 Å². The molecule has 1 aromatic carbocycles. The van der Waals surface area contributed by atoms with E-state index in [1.807, 2.05) is 26.0 Å². The molecule has 2 amide bonds. The van der Waals surface area contributed by atoms with Crippen LogP contribution in [-0.4, -0.2) is 36.8 Å². The van der Waals surface area contributed by atoms with E-state index in [1.165, 1.54) is 4.90 Å². The van der Waals surface area contributed by atoms with Crippen molar-refractivity contribution in [3.05, 3.63) is 28.2 Å². The van der Waals surface area contributed by atoms with Gasteiger partial charge >= 0.3 is 0 Å². The first-order valence-electron chi connectivity index (χ1n) is 7.49. The van der Waals surface area contributed by atoms with E-state index >= 15 is 0 Å². The Hall–Kier alpha value is -1.95. The molecule has 0 aromatic heterocycles. The summed E-state index contributed by atoms with van der Waals surface area (Å²) >= 11 is 0.986. The standard InChI is InChI=1S/C17H21NO4S/c1-5-6-7-18-16(19)15(23-17(18)20)10-12-9-14(22-4)13(21-3)8-11(12)2/h8-10H,5-7H2,1-4H3/b15-10-. The van der Waals surface area contributed by atoms with Crippen LogP contribution in [0.5, 0.6) is 11.5 Å². The van der Waals surface area contributed by atoms with Crippen molar-refractivity contribution in [1.82, 2.24) is 4.90 Å². The number of imide groups is 1. The maximum absolute atomic E-state index is 12.4. The number of nitrogens with zero attached hydrogens (tertiary/aromatic N) is 1. The number of ether oxygens (including phenoxy) is 2. The lowest BCUT2D eigenvalue weighted by atomic mass is 10.1. The second-order valence-electron chi connectivity index (χ2n) is 5.25. The van der Waals surface area contributed by atoms with Crippen LogP contribution in [-0.2, 0) is 4.79 Å². The highest BCUT2D eigenvalue weighted by molar-refractivity contribution is 8.18. The van der Waals surface area contributed by atoms with Gasteiger partial charge in [0.05, 0.1) is 19.1 Å². The van der Waals surface area contributed by atoms with Crippen LogP contribution in [0.1, 0.15) is 30.9 Å². The van der Waals surface area contributed by atoms with Crippen molar-refractivity contribution in [2.45, 2.75) is 26.7 Å². The van der Waals surface area contributed by atoms with Gasteiger partial charge in [0.15, 0.2) is 11.5 Å². The molecule has 0 N–H and O–H groups in total. The topological polar surface area (TPSA) is 55.8 Å². The van der Waals surface area contributed by atoms with Crippen LogP contribution in [0.15, 0.2) is 17.0 Å². The summed E-state index contributed by atoms with van der Waals surface area (Å²) in [7, 11) is 3.14. The SMILES string of the molecule is CCCCN1C(=O)S/C(=C\c2cc(OC)c(OC)cc2C)C1=O. The second kappa shape index (κ2) is 7.55. The van der Waals surface area contributed by atoms with Gasteiger partial charge in [-0.3, -0.25) is 14.5 Å². The summed E-state index contributed by atoms with van der Waals surface area (Å²) in [4.78, 5) is 26.1. The first-order valence-corrected chi connectivity index (χ1v) is 8.31. The molecule has 0 bridgehead atoms. The van der Waals surface area contributed by atoms with Gasteiger partial charge in [0, 0.05) is 6.54 Å². The third-order valence-electron chi connectivity index (χ3n) is 3.67. The first kappa shape index (κ1) is 17.4. The molecule has 23 heavy (non-hydrogen) atoms. The number of thioether (sulfide) groups is 1. The second-order valence-corrected chi connectivity index (χ2v) is 6.24. The largest absolute Gasteiger partial charge is 0.493 e. The van der Waals surface area contributed by atoms with Crippen LogP contribution in [0.3, 0.4) is 0 Å². The van der Waals surface area contributed by atoms with Gasteiger partial charge in [-0.15, -0.1) is 0 Å². The van der Waals surface area contributed by atoms with Crippen LogP contribution in [0, 0.1) is 6.92 Å². The Balaban J connectivity index is 2.32. The summed E-state index contributed by atoms with van der Waals surface area (Å²) < 4.78 is 10.6. The summed E-state index contributed by atoms with van der Waals surface area (Å²) in [6.07, 6.45) is 3.50. The van der Waals surface area contributed by atoms with Gasteiger partial charge in [-0.05, 0) is 54.4 Å². The lowest BCUT2D eigenvalue weighted by Crippen LogP contribution is -2.29. The minimum atomic E-state index is -0.220. The Kier molecular flexibility index (Phi) is 5.71. The molecule has 1 heterocycles. The van der Waals surface area contributed by atoms with Crippen LogP contribution >= 0.6 is 11.8 Å². The summed E-state index contributed by atoms with van der Waals surface area (Å²) in [6, 6.07) is 3.67. The molecule has 124 valence electrons. The van der Waals surface area contributed by atoms with Crippen molar-refractivity contribution in [1.29, 1.82) is 0 Å². The monoisotopic (exact) mass is 335 g/mol. The number of rotatable bonds is 6. The fraction of sp³-hybridized carbons (Fsp3) is 0.412. The molecule has 5 nitrogen and oxygen atoms in total. The van der Waals surface area contributed by atoms with E-state index in [0.717, 1.165) is 35.7 Å². The van der Waals surface area contributed by atoms with Gasteiger partial charge in [0.2, 0.25) is 0 Å². The van der Waals surface area contributed by atoms with E-state index in [2.05, 4.69) is 0 Å². The van der Waals surface area contributed by atoms with E-state index in [0.29, 0.717) is 22.9 Å². The maximum atomic E-state index is 12.4. The van der Waals surface area contributed by atoms with Gasteiger partial charge in [-0.1, -0.05) is 13.3 Å². The molecule has 1 aromatic rings. The van der Waals surface area contributed by atoms with Gasteiger partial charge in [0.1, 0.15) is 0 Å². The van der Waals surface area contributed by atoms with Crippen molar-refractivity contribution in [2.75, 3.05) is 20.8 Å². The summed E-state index contributed by atoms with van der Waals surface area (Å²) in [5.74, 6) is 1.01. The molecule has 1 aliphatic rings. The Morgan fingerprint density at radius 3 is 2.43 bits per heavy atom. The number of carbonyl (C=O) groups is 2. The van der Waals surface area contributed by atoms with E-state index in [1.54, 1.807) is 20.3 Å². The van der Waals surface area contributed by atoms with Crippen molar-refractivity contribution >= 4 is 29.0 Å². The molecular weight excluding hydrogens is 314 g/mol. The normalized spacial score (nSPS) is 16.3.